The molecule has 1 aromatic rings. The molecule has 6 nitrogen and oxygen atoms in total. The van der Waals surface area contributed by atoms with Gasteiger partial charge in [0.15, 0.2) is 0 Å². The van der Waals surface area contributed by atoms with Gasteiger partial charge in [0.05, 0.1) is 12.3 Å². The van der Waals surface area contributed by atoms with Crippen molar-refractivity contribution < 1.29 is 14.6 Å². The molecule has 23 heavy (non-hydrogen) atoms. The Morgan fingerprint density at radius 3 is 2.70 bits per heavy atom. The maximum atomic E-state index is 12.3. The number of aliphatic hydroxyl groups excluding tert-OH is 1. The summed E-state index contributed by atoms with van der Waals surface area (Å²) in [5.74, 6) is 0.334. The number of aromatic amines is 1. The first kappa shape index (κ1) is 18.4. The van der Waals surface area contributed by atoms with Gasteiger partial charge in [0.1, 0.15) is 0 Å². The molecule has 130 valence electrons. The highest BCUT2D eigenvalue weighted by molar-refractivity contribution is 7.58. The molecule has 0 spiro atoms. The van der Waals surface area contributed by atoms with Gasteiger partial charge in [0.2, 0.25) is 12.9 Å². The van der Waals surface area contributed by atoms with Crippen LogP contribution in [0.4, 0.5) is 0 Å². The highest BCUT2D eigenvalue weighted by Crippen LogP contribution is 2.45. The fraction of sp³-hybridized carbons (Fsp3) is 0.688. The summed E-state index contributed by atoms with van der Waals surface area (Å²) in [5.41, 5.74) is 0.740. The molecule has 1 heterocycles. The van der Waals surface area contributed by atoms with Crippen molar-refractivity contribution in [3.05, 3.63) is 34.2 Å². The van der Waals surface area contributed by atoms with Gasteiger partial charge in [-0.25, -0.2) is 0 Å². The van der Waals surface area contributed by atoms with Gasteiger partial charge in [0.25, 0.3) is 0 Å². The molecule has 0 radical (unpaired) electrons. The molecule has 4 N–H and O–H groups in total. The Balaban J connectivity index is 1.70. The van der Waals surface area contributed by atoms with Gasteiger partial charge in [-0.3, -0.25) is 9.36 Å². The summed E-state index contributed by atoms with van der Waals surface area (Å²) in [6, 6.07) is 3.15. The van der Waals surface area contributed by atoms with Gasteiger partial charge in [0, 0.05) is 31.5 Å². The maximum Gasteiger partial charge on any atom is 0.247 e. The molecule has 0 saturated heterocycles. The van der Waals surface area contributed by atoms with E-state index in [-0.39, 0.29) is 18.3 Å². The van der Waals surface area contributed by atoms with E-state index >= 15 is 0 Å². The molecule has 1 aromatic heterocycles. The summed E-state index contributed by atoms with van der Waals surface area (Å²) in [7, 11) is -3.27. The van der Waals surface area contributed by atoms with Gasteiger partial charge < -0.3 is 20.3 Å². The van der Waals surface area contributed by atoms with Crippen molar-refractivity contribution in [3.63, 3.8) is 0 Å². The molecule has 1 fully saturated rings. The van der Waals surface area contributed by atoms with Crippen molar-refractivity contribution in [3.8, 4) is 0 Å². The van der Waals surface area contributed by atoms with Crippen LogP contribution >= 0.6 is 7.37 Å². The Morgan fingerprint density at radius 2 is 2.04 bits per heavy atom. The fourth-order valence-electron chi connectivity index (χ4n) is 3.18. The molecule has 0 bridgehead atoms. The van der Waals surface area contributed by atoms with E-state index in [4.69, 9.17) is 0 Å². The van der Waals surface area contributed by atoms with Crippen molar-refractivity contribution in [1.29, 1.82) is 0 Å². The van der Waals surface area contributed by atoms with E-state index in [0.717, 1.165) is 31.2 Å². The van der Waals surface area contributed by atoms with Gasteiger partial charge in [-0.1, -0.05) is 25.3 Å². The standard InChI is InChI=1S/C16H27N2O4P/c19-15(10-17-8-14-6-7-16(20)18-9-14)12-23(21,22)11-13-4-2-1-3-5-13/h6-7,9,13,15,17,19H,1-5,8,10-12H2,(H,18,20)(H,21,22)/t15-/m1/s1. The van der Waals surface area contributed by atoms with Crippen molar-refractivity contribution in [1.82, 2.24) is 10.3 Å². The molecule has 1 saturated carbocycles. The quantitative estimate of drug-likeness (QED) is 0.538. The van der Waals surface area contributed by atoms with E-state index in [2.05, 4.69) is 10.3 Å². The number of H-pyrrole nitrogens is 1. The maximum absolute atomic E-state index is 12.3. The lowest BCUT2D eigenvalue weighted by molar-refractivity contribution is 0.189. The monoisotopic (exact) mass is 342 g/mol. The summed E-state index contributed by atoms with van der Waals surface area (Å²) in [5, 5.41) is 13.0. The minimum atomic E-state index is -3.27. The highest BCUT2D eigenvalue weighted by atomic mass is 31.2. The van der Waals surface area contributed by atoms with Crippen LogP contribution in [-0.4, -0.2) is 40.0 Å². The molecular weight excluding hydrogens is 315 g/mol. The molecule has 0 aliphatic heterocycles. The predicted octanol–water partition coefficient (Wildman–Crippen LogP) is 1.68. The lowest BCUT2D eigenvalue weighted by Gasteiger charge is -2.25. The van der Waals surface area contributed by atoms with Crippen LogP contribution in [0.2, 0.25) is 0 Å². The van der Waals surface area contributed by atoms with E-state index in [1.807, 2.05) is 0 Å². The summed E-state index contributed by atoms with van der Waals surface area (Å²) in [6.45, 7) is 0.751. The Bertz CT molecular complexity index is 563. The topological polar surface area (TPSA) is 102 Å². The first-order chi connectivity index (χ1) is 10.9. The second-order valence-electron chi connectivity index (χ2n) is 6.56. The number of hydrogen-bond donors (Lipinski definition) is 4. The number of rotatable bonds is 8. The Labute approximate surface area is 136 Å². The molecule has 2 atom stereocenters. The zero-order valence-electron chi connectivity index (χ0n) is 13.4. The van der Waals surface area contributed by atoms with Crippen LogP contribution in [0.3, 0.4) is 0 Å². The second kappa shape index (κ2) is 8.78. The molecule has 0 amide bonds. The normalized spacial score (nSPS) is 20.1. The van der Waals surface area contributed by atoms with E-state index in [1.165, 1.54) is 12.5 Å². The minimum Gasteiger partial charge on any atom is -0.391 e. The average molecular weight is 342 g/mol. The largest absolute Gasteiger partial charge is 0.391 e. The van der Waals surface area contributed by atoms with Crippen molar-refractivity contribution in [2.75, 3.05) is 18.9 Å². The van der Waals surface area contributed by atoms with Gasteiger partial charge >= 0.3 is 0 Å². The molecule has 1 aliphatic rings. The third-order valence-electron chi connectivity index (χ3n) is 4.32. The number of aromatic nitrogens is 1. The van der Waals surface area contributed by atoms with Crippen molar-refractivity contribution in [2.45, 2.75) is 44.8 Å². The number of pyridine rings is 1. The van der Waals surface area contributed by atoms with E-state index in [9.17, 15) is 19.4 Å². The summed E-state index contributed by atoms with van der Waals surface area (Å²) < 4.78 is 12.3. The number of hydrogen-bond acceptors (Lipinski definition) is 4. The molecule has 2 rings (SSSR count). The summed E-state index contributed by atoms with van der Waals surface area (Å²) >= 11 is 0. The Hall–Kier alpha value is -0.940. The summed E-state index contributed by atoms with van der Waals surface area (Å²) in [4.78, 5) is 23.6. The zero-order valence-corrected chi connectivity index (χ0v) is 14.3. The van der Waals surface area contributed by atoms with Crippen LogP contribution in [0.5, 0.6) is 0 Å². The van der Waals surface area contributed by atoms with Crippen LogP contribution in [0.25, 0.3) is 0 Å². The van der Waals surface area contributed by atoms with E-state index in [0.29, 0.717) is 18.6 Å². The van der Waals surface area contributed by atoms with Crippen LogP contribution in [0, 0.1) is 5.92 Å². The smallest absolute Gasteiger partial charge is 0.247 e. The second-order valence-corrected chi connectivity index (χ2v) is 8.98. The summed E-state index contributed by atoms with van der Waals surface area (Å²) in [6.07, 6.45) is 6.65. The lowest BCUT2D eigenvalue weighted by Crippen LogP contribution is -2.30. The minimum absolute atomic E-state index is 0.0534. The van der Waals surface area contributed by atoms with Crippen LogP contribution in [0.1, 0.15) is 37.7 Å². The van der Waals surface area contributed by atoms with Gasteiger partial charge in [-0.15, -0.1) is 0 Å². The SMILES string of the molecule is O=c1ccc(CNC[C@@H](O)CP(=O)(O)CC2CCCCC2)c[nH]1. The van der Waals surface area contributed by atoms with Gasteiger partial charge in [-0.2, -0.15) is 0 Å². The lowest BCUT2D eigenvalue weighted by atomic mass is 9.91. The number of nitrogens with one attached hydrogen (secondary N) is 2. The van der Waals surface area contributed by atoms with Crippen molar-refractivity contribution >= 4 is 7.37 Å². The van der Waals surface area contributed by atoms with Gasteiger partial charge in [-0.05, 0) is 24.3 Å². The zero-order chi connectivity index (χ0) is 16.7. The first-order valence-corrected chi connectivity index (χ1v) is 10.3. The van der Waals surface area contributed by atoms with E-state index < -0.39 is 13.5 Å². The van der Waals surface area contributed by atoms with E-state index in [1.54, 1.807) is 12.3 Å². The molecule has 1 unspecified atom stereocenters. The van der Waals surface area contributed by atoms with Crippen LogP contribution in [-0.2, 0) is 11.1 Å². The van der Waals surface area contributed by atoms with Crippen LogP contribution < -0.4 is 10.9 Å². The van der Waals surface area contributed by atoms with Crippen LogP contribution in [0.15, 0.2) is 23.1 Å². The Kier molecular flexibility index (Phi) is 7.03. The van der Waals surface area contributed by atoms with Crippen molar-refractivity contribution in [2.24, 2.45) is 5.92 Å². The number of aliphatic hydroxyl groups is 1. The molecule has 0 aromatic carbocycles. The Morgan fingerprint density at radius 1 is 1.30 bits per heavy atom. The highest BCUT2D eigenvalue weighted by Gasteiger charge is 2.27. The third kappa shape index (κ3) is 7.00. The fourth-order valence-corrected chi connectivity index (χ4v) is 5.29. The molecule has 1 aliphatic carbocycles. The third-order valence-corrected chi connectivity index (χ3v) is 6.40. The predicted molar refractivity (Wildman–Crippen MR) is 90.9 cm³/mol. The molecule has 7 heteroatoms. The molecular formula is C16H27N2O4P. The average Bonchev–Trinajstić information content (AvgIpc) is 2.49. The first-order valence-electron chi connectivity index (χ1n) is 8.32.